The van der Waals surface area contributed by atoms with Crippen LogP contribution in [-0.2, 0) is 161 Å². The Kier molecular flexibility index (Phi) is 37.4. The molecule has 22 nitrogen and oxygen atoms in total. The number of phosphoric acid groups is 4. The number of phosphoric ester groups is 4. The van der Waals surface area contributed by atoms with E-state index in [9.17, 15) is 9.59 Å². The summed E-state index contributed by atoms with van der Waals surface area (Å²) in [5.41, 5.74) is 4.72. The number of unbranched alkanes of at least 4 members (excludes halogenated alkanes) is 8. The Labute approximate surface area is 670 Å². The zero-order chi connectivity index (χ0) is 79.8. The van der Waals surface area contributed by atoms with Gasteiger partial charge in [-0.25, -0.2) is 18.3 Å². The standard InChI is InChI=1S/C88H104O22P4/c1-3-5-7-9-38-58-81(89)95-69-80(106-82(90)59-39-10-8-6-4-2)70-105-114(94,104-68-79-56-36-19-37-57-79)107-85-83(96-60-71-40-20-11-21-41-71)86(108-111(91,98-62-73-44-24-13-25-45-73)99-63-74-46-26-14-27-47-74)88(110-113(93,102-66-77-52-32-17-33-53-77)103-67-78-54-34-18-35-55-78)87(84(85)97-61-72-42-22-12-23-43-72)109-112(92,100-64-75-48-28-15-29-49-75)101-65-76-50-30-16-31-51-76/h11-37,40-57,80,83-88H,3-10,38-39,58-70H2,1-2H3/t80-,83-,84-,85?,86-,87+,88?,114?/m0/s1. The summed E-state index contributed by atoms with van der Waals surface area (Å²) in [6.07, 6.45) is -5.58. The normalized spacial score (nSPS) is 17.4. The summed E-state index contributed by atoms with van der Waals surface area (Å²) >= 11 is 0. The molecular weight excluding hydrogens is 1530 g/mol. The molecule has 8 atom stereocenters. The Morgan fingerprint density at radius 3 is 0.746 bits per heavy atom. The molecule has 9 aromatic rings. The molecule has 0 heterocycles. The molecule has 0 radical (unpaired) electrons. The summed E-state index contributed by atoms with van der Waals surface area (Å²) in [6.45, 7) is -0.778. The smallest absolute Gasteiger partial charge is 0.462 e. The molecule has 0 aromatic heterocycles. The highest BCUT2D eigenvalue weighted by atomic mass is 31.2. The van der Waals surface area contributed by atoms with E-state index in [1.165, 1.54) is 0 Å². The van der Waals surface area contributed by atoms with Crippen molar-refractivity contribution >= 4 is 43.2 Å². The molecule has 0 bridgehead atoms. The van der Waals surface area contributed by atoms with Gasteiger partial charge >= 0.3 is 43.2 Å². The van der Waals surface area contributed by atoms with E-state index in [0.29, 0.717) is 62.9 Å². The minimum absolute atomic E-state index is 0.00268. The monoisotopic (exact) mass is 1640 g/mol. The van der Waals surface area contributed by atoms with E-state index in [4.69, 9.17) is 73.2 Å². The van der Waals surface area contributed by atoms with E-state index in [1.54, 1.807) is 273 Å². The van der Waals surface area contributed by atoms with E-state index >= 15 is 18.3 Å². The first-order chi connectivity index (χ1) is 55.6. The predicted octanol–water partition coefficient (Wildman–Crippen LogP) is 21.9. The van der Waals surface area contributed by atoms with Crippen LogP contribution in [0, 0.1) is 0 Å². The van der Waals surface area contributed by atoms with Crippen LogP contribution in [0.15, 0.2) is 273 Å². The minimum Gasteiger partial charge on any atom is -0.462 e. The van der Waals surface area contributed by atoms with Crippen molar-refractivity contribution in [3.8, 4) is 0 Å². The number of hydrogen-bond acceptors (Lipinski definition) is 22. The Hall–Kier alpha value is -7.72. The zero-order valence-electron chi connectivity index (χ0n) is 64.6. The van der Waals surface area contributed by atoms with Crippen LogP contribution < -0.4 is 0 Å². The molecule has 608 valence electrons. The van der Waals surface area contributed by atoms with Crippen LogP contribution in [0.1, 0.15) is 141 Å². The zero-order valence-corrected chi connectivity index (χ0v) is 68.1. The maximum atomic E-state index is 17.1. The average molecular weight is 1640 g/mol. The number of benzene rings is 9. The van der Waals surface area contributed by atoms with Crippen LogP contribution in [0.25, 0.3) is 0 Å². The lowest BCUT2D eigenvalue weighted by molar-refractivity contribution is -0.241. The number of ether oxygens (including phenoxy) is 4. The molecule has 1 aliphatic carbocycles. The lowest BCUT2D eigenvalue weighted by Crippen LogP contribution is -2.67. The van der Waals surface area contributed by atoms with Crippen molar-refractivity contribution in [1.82, 2.24) is 0 Å². The van der Waals surface area contributed by atoms with E-state index < -0.39 is 145 Å². The number of carbonyl (C=O) groups excluding carboxylic acids is 2. The Bertz CT molecular complexity index is 4080. The Morgan fingerprint density at radius 2 is 0.482 bits per heavy atom. The highest BCUT2D eigenvalue weighted by molar-refractivity contribution is 7.49. The van der Waals surface area contributed by atoms with Crippen molar-refractivity contribution in [2.75, 3.05) is 13.2 Å². The molecule has 0 spiro atoms. The van der Waals surface area contributed by atoms with Crippen LogP contribution in [0.3, 0.4) is 0 Å². The lowest BCUT2D eigenvalue weighted by atomic mass is 9.84. The van der Waals surface area contributed by atoms with Crippen molar-refractivity contribution in [3.63, 3.8) is 0 Å². The second kappa shape index (κ2) is 48.1. The topological polar surface area (TPSA) is 250 Å². The van der Waals surface area contributed by atoms with Crippen LogP contribution in [0.4, 0.5) is 0 Å². The minimum atomic E-state index is -5.45. The number of hydrogen-bond donors (Lipinski definition) is 0. The van der Waals surface area contributed by atoms with E-state index in [1.807, 2.05) is 0 Å². The van der Waals surface area contributed by atoms with Crippen LogP contribution >= 0.6 is 31.3 Å². The maximum absolute atomic E-state index is 17.1. The largest absolute Gasteiger partial charge is 0.475 e. The van der Waals surface area contributed by atoms with Gasteiger partial charge in [-0.05, 0) is 62.9 Å². The lowest BCUT2D eigenvalue weighted by Gasteiger charge is -2.50. The molecule has 3 unspecified atom stereocenters. The van der Waals surface area contributed by atoms with Crippen molar-refractivity contribution in [3.05, 3.63) is 323 Å². The van der Waals surface area contributed by atoms with Gasteiger partial charge in [0.1, 0.15) is 43.2 Å². The third-order valence-corrected chi connectivity index (χ3v) is 23.8. The quantitative estimate of drug-likeness (QED) is 0.0195. The first-order valence-corrected chi connectivity index (χ1v) is 44.7. The molecular formula is C88H104O22P4. The molecule has 26 heteroatoms. The summed E-state index contributed by atoms with van der Waals surface area (Å²) in [7, 11) is -21.3. The van der Waals surface area contributed by atoms with Crippen molar-refractivity contribution in [1.29, 1.82) is 0 Å². The Balaban J connectivity index is 1.20. The first-order valence-electron chi connectivity index (χ1n) is 38.9. The molecule has 114 heavy (non-hydrogen) atoms. The molecule has 0 aliphatic heterocycles. The molecule has 1 fully saturated rings. The van der Waals surface area contributed by atoms with Gasteiger partial charge in [0.05, 0.1) is 66.1 Å². The second-order valence-corrected chi connectivity index (χ2v) is 33.8. The van der Waals surface area contributed by atoms with Gasteiger partial charge in [-0.1, -0.05) is 338 Å². The predicted molar refractivity (Wildman–Crippen MR) is 432 cm³/mol. The summed E-state index contributed by atoms with van der Waals surface area (Å²) in [4.78, 5) is 27.6. The molecule has 1 saturated carbocycles. The summed E-state index contributed by atoms with van der Waals surface area (Å²) < 4.78 is 175. The maximum Gasteiger partial charge on any atom is 0.475 e. The fourth-order valence-corrected chi connectivity index (χ4v) is 17.6. The van der Waals surface area contributed by atoms with Crippen LogP contribution in [-0.4, -0.2) is 67.9 Å². The van der Waals surface area contributed by atoms with Gasteiger partial charge in [-0.3, -0.25) is 63.9 Å². The third-order valence-electron chi connectivity index (χ3n) is 18.3. The van der Waals surface area contributed by atoms with Gasteiger partial charge in [0.15, 0.2) is 6.10 Å². The van der Waals surface area contributed by atoms with Crippen molar-refractivity contribution in [2.45, 2.75) is 193 Å². The average Bonchev–Trinajstić information content (AvgIpc) is 0.740. The number of carbonyl (C=O) groups is 2. The van der Waals surface area contributed by atoms with Gasteiger partial charge in [0.2, 0.25) is 0 Å². The molecule has 9 aromatic carbocycles. The first kappa shape index (κ1) is 88.6. The van der Waals surface area contributed by atoms with E-state index in [0.717, 1.165) is 51.4 Å². The molecule has 0 saturated heterocycles. The Morgan fingerprint density at radius 1 is 0.263 bits per heavy atom. The van der Waals surface area contributed by atoms with Crippen molar-refractivity contribution < 1.29 is 101 Å². The number of esters is 2. The van der Waals surface area contributed by atoms with E-state index in [-0.39, 0.29) is 26.1 Å². The van der Waals surface area contributed by atoms with Crippen LogP contribution in [0.2, 0.25) is 0 Å². The number of rotatable bonds is 53. The second-order valence-electron chi connectivity index (χ2n) is 27.3. The van der Waals surface area contributed by atoms with Gasteiger partial charge in [0.25, 0.3) is 0 Å². The van der Waals surface area contributed by atoms with Crippen LogP contribution in [0.5, 0.6) is 0 Å². The molecule has 1 aliphatic rings. The molecule has 0 amide bonds. The molecule has 0 N–H and O–H groups in total. The SMILES string of the molecule is CCCCCCCC(=O)OC[C@@H](COP(=O)(OCc1ccccc1)OC1[C@H](OCc2ccccc2)[C@H](OP(=O)(OCc2ccccc2)OCc2ccccc2)C(OP(=O)(OCc2ccccc2)OCc2ccccc2)[C@H](OP(=O)(OCc2ccccc2)OCc2ccccc2)[C@H]1OCc1ccccc1)OC(=O)CCCCCCC. The highest BCUT2D eigenvalue weighted by Gasteiger charge is 2.62. The highest BCUT2D eigenvalue weighted by Crippen LogP contribution is 2.63. The third kappa shape index (κ3) is 31.0. The van der Waals surface area contributed by atoms with Gasteiger partial charge in [0, 0.05) is 12.8 Å². The summed E-state index contributed by atoms with van der Waals surface area (Å²) in [5.74, 6) is -1.20. The van der Waals surface area contributed by atoms with E-state index in [2.05, 4.69) is 13.8 Å². The summed E-state index contributed by atoms with van der Waals surface area (Å²) in [5, 5.41) is 0. The van der Waals surface area contributed by atoms with Gasteiger partial charge in [-0.2, -0.15) is 0 Å². The van der Waals surface area contributed by atoms with Gasteiger partial charge < -0.3 is 18.9 Å². The fourth-order valence-electron chi connectivity index (χ4n) is 12.1. The summed E-state index contributed by atoms with van der Waals surface area (Å²) in [6, 6.07) is 79.3. The molecule has 10 rings (SSSR count). The van der Waals surface area contributed by atoms with Crippen molar-refractivity contribution in [2.24, 2.45) is 0 Å². The van der Waals surface area contributed by atoms with Gasteiger partial charge in [-0.15, -0.1) is 0 Å². The fraction of sp³-hybridized carbons (Fsp3) is 0.364.